The predicted molar refractivity (Wildman–Crippen MR) is 69.4 cm³/mol. The van der Waals surface area contributed by atoms with Gasteiger partial charge in [0.2, 0.25) is 0 Å². The van der Waals surface area contributed by atoms with E-state index in [0.29, 0.717) is 17.7 Å². The minimum Gasteiger partial charge on any atom is -0.381 e. The van der Waals surface area contributed by atoms with E-state index < -0.39 is 0 Å². The van der Waals surface area contributed by atoms with Crippen molar-refractivity contribution in [3.63, 3.8) is 0 Å². The van der Waals surface area contributed by atoms with Crippen LogP contribution in [0.5, 0.6) is 0 Å². The van der Waals surface area contributed by atoms with Crippen LogP contribution in [0.1, 0.15) is 18.4 Å². The molecule has 0 aromatic carbocycles. The number of anilines is 1. The van der Waals surface area contributed by atoms with Crippen molar-refractivity contribution in [2.24, 2.45) is 5.73 Å². The standard InChI is InChI=1S/C12H18ClN3O/c1-17-10-3-6-16(7-4-10)12-11(13)9(8-14)2-5-15-12/h2,5,10H,3-4,6-8,14H2,1H3. The lowest BCUT2D eigenvalue weighted by atomic mass is 10.1. The van der Waals surface area contributed by atoms with Crippen molar-refractivity contribution in [3.05, 3.63) is 22.8 Å². The number of nitrogens with zero attached hydrogens (tertiary/aromatic N) is 2. The Hall–Kier alpha value is -0.840. The number of pyridine rings is 1. The van der Waals surface area contributed by atoms with Crippen LogP contribution < -0.4 is 10.6 Å². The number of methoxy groups -OCH3 is 1. The van der Waals surface area contributed by atoms with Crippen molar-refractivity contribution in [1.82, 2.24) is 4.98 Å². The van der Waals surface area contributed by atoms with Gasteiger partial charge in [0, 0.05) is 32.9 Å². The molecule has 1 aliphatic heterocycles. The minimum absolute atomic E-state index is 0.364. The van der Waals surface area contributed by atoms with Crippen molar-refractivity contribution < 1.29 is 4.74 Å². The summed E-state index contributed by atoms with van der Waals surface area (Å²) in [4.78, 5) is 6.56. The quantitative estimate of drug-likeness (QED) is 0.895. The third-order valence-corrected chi connectivity index (χ3v) is 3.66. The lowest BCUT2D eigenvalue weighted by Gasteiger charge is -2.32. The third-order valence-electron chi connectivity index (χ3n) is 3.25. The number of hydrogen-bond donors (Lipinski definition) is 1. The summed E-state index contributed by atoms with van der Waals surface area (Å²) in [5, 5.41) is 0.686. The third kappa shape index (κ3) is 2.70. The van der Waals surface area contributed by atoms with Crippen molar-refractivity contribution in [2.45, 2.75) is 25.5 Å². The summed E-state index contributed by atoms with van der Waals surface area (Å²) >= 11 is 6.30. The lowest BCUT2D eigenvalue weighted by Crippen LogP contribution is -2.37. The molecule has 0 atom stereocenters. The van der Waals surface area contributed by atoms with Gasteiger partial charge in [0.15, 0.2) is 0 Å². The molecule has 0 bridgehead atoms. The van der Waals surface area contributed by atoms with E-state index in [4.69, 9.17) is 22.1 Å². The summed E-state index contributed by atoms with van der Waals surface area (Å²) in [6, 6.07) is 1.87. The molecule has 94 valence electrons. The molecule has 4 nitrogen and oxygen atoms in total. The van der Waals surface area contributed by atoms with Gasteiger partial charge in [0.05, 0.1) is 11.1 Å². The maximum absolute atomic E-state index is 6.30. The van der Waals surface area contributed by atoms with Crippen molar-refractivity contribution in [1.29, 1.82) is 0 Å². The molecule has 5 heteroatoms. The van der Waals surface area contributed by atoms with Gasteiger partial charge < -0.3 is 15.4 Å². The van der Waals surface area contributed by atoms with Gasteiger partial charge in [-0.3, -0.25) is 0 Å². The molecule has 0 aliphatic carbocycles. The average Bonchev–Trinajstić information content (AvgIpc) is 2.39. The fraction of sp³-hybridized carbons (Fsp3) is 0.583. The maximum atomic E-state index is 6.30. The molecule has 0 amide bonds. The van der Waals surface area contributed by atoms with Gasteiger partial charge in [-0.2, -0.15) is 0 Å². The number of piperidine rings is 1. The fourth-order valence-electron chi connectivity index (χ4n) is 2.15. The molecule has 2 rings (SSSR count). The van der Waals surface area contributed by atoms with Gasteiger partial charge in [-0.1, -0.05) is 11.6 Å². The van der Waals surface area contributed by atoms with Gasteiger partial charge in [-0.25, -0.2) is 4.98 Å². The zero-order chi connectivity index (χ0) is 12.3. The SMILES string of the molecule is COC1CCN(c2nccc(CN)c2Cl)CC1. The molecule has 1 aliphatic rings. The van der Waals surface area contributed by atoms with E-state index in [0.717, 1.165) is 37.3 Å². The predicted octanol–water partition coefficient (Wildman–Crippen LogP) is 1.81. The Balaban J connectivity index is 2.13. The highest BCUT2D eigenvalue weighted by Gasteiger charge is 2.21. The van der Waals surface area contributed by atoms with Crippen LogP contribution in [0.2, 0.25) is 5.02 Å². The van der Waals surface area contributed by atoms with Gasteiger partial charge in [0.1, 0.15) is 5.82 Å². The average molecular weight is 256 g/mol. The van der Waals surface area contributed by atoms with Crippen molar-refractivity contribution in [2.75, 3.05) is 25.1 Å². The van der Waals surface area contributed by atoms with Crippen LogP contribution in [-0.4, -0.2) is 31.3 Å². The molecular weight excluding hydrogens is 238 g/mol. The number of ether oxygens (including phenoxy) is 1. The van der Waals surface area contributed by atoms with E-state index in [1.807, 2.05) is 6.07 Å². The molecule has 0 saturated carbocycles. The summed E-state index contributed by atoms with van der Waals surface area (Å²) in [5.41, 5.74) is 6.59. The summed E-state index contributed by atoms with van der Waals surface area (Å²) in [7, 11) is 1.76. The second kappa shape index (κ2) is 5.67. The normalized spacial score (nSPS) is 17.5. The highest BCUT2D eigenvalue weighted by Crippen LogP contribution is 2.29. The molecule has 2 heterocycles. The molecule has 2 N–H and O–H groups in total. The van der Waals surface area contributed by atoms with Crippen LogP contribution >= 0.6 is 11.6 Å². The second-order valence-corrected chi connectivity index (χ2v) is 4.61. The van der Waals surface area contributed by atoms with Gasteiger partial charge >= 0.3 is 0 Å². The van der Waals surface area contributed by atoms with E-state index in [9.17, 15) is 0 Å². The second-order valence-electron chi connectivity index (χ2n) is 4.23. The number of aromatic nitrogens is 1. The zero-order valence-electron chi connectivity index (χ0n) is 10.0. The monoisotopic (exact) mass is 255 g/mol. The number of nitrogens with two attached hydrogens (primary N) is 1. The first-order valence-corrected chi connectivity index (χ1v) is 6.25. The van der Waals surface area contributed by atoms with E-state index >= 15 is 0 Å². The summed E-state index contributed by atoms with van der Waals surface area (Å²) < 4.78 is 5.35. The molecule has 1 aromatic heterocycles. The largest absolute Gasteiger partial charge is 0.381 e. The van der Waals surface area contributed by atoms with Crippen LogP contribution in [0.4, 0.5) is 5.82 Å². The smallest absolute Gasteiger partial charge is 0.147 e. The first kappa shape index (κ1) is 12.6. The van der Waals surface area contributed by atoms with E-state index in [2.05, 4.69) is 9.88 Å². The highest BCUT2D eigenvalue weighted by molar-refractivity contribution is 6.33. The Bertz CT molecular complexity index is 378. The van der Waals surface area contributed by atoms with Gasteiger partial charge in [-0.15, -0.1) is 0 Å². The molecule has 0 unspecified atom stereocenters. The van der Waals surface area contributed by atoms with Crippen LogP contribution in [0.25, 0.3) is 0 Å². The van der Waals surface area contributed by atoms with Crippen LogP contribution in [0.3, 0.4) is 0 Å². The van der Waals surface area contributed by atoms with Gasteiger partial charge in [0.25, 0.3) is 0 Å². The molecule has 1 fully saturated rings. The topological polar surface area (TPSA) is 51.4 Å². The lowest BCUT2D eigenvalue weighted by molar-refractivity contribution is 0.0818. The van der Waals surface area contributed by atoms with Crippen LogP contribution in [0, 0.1) is 0 Å². The Kier molecular flexibility index (Phi) is 4.20. The van der Waals surface area contributed by atoms with Crippen molar-refractivity contribution in [3.8, 4) is 0 Å². The summed E-state index contributed by atoms with van der Waals surface area (Å²) in [6.07, 6.45) is 4.16. The van der Waals surface area contributed by atoms with Crippen molar-refractivity contribution >= 4 is 17.4 Å². The van der Waals surface area contributed by atoms with E-state index in [-0.39, 0.29) is 0 Å². The highest BCUT2D eigenvalue weighted by atomic mass is 35.5. The Morgan fingerprint density at radius 1 is 1.53 bits per heavy atom. The van der Waals surface area contributed by atoms with Crippen LogP contribution in [0.15, 0.2) is 12.3 Å². The Morgan fingerprint density at radius 3 is 2.82 bits per heavy atom. The fourth-order valence-corrected chi connectivity index (χ4v) is 2.46. The maximum Gasteiger partial charge on any atom is 0.147 e. The summed E-state index contributed by atoms with van der Waals surface area (Å²) in [6.45, 7) is 2.31. The number of rotatable bonds is 3. The molecule has 17 heavy (non-hydrogen) atoms. The molecule has 0 spiro atoms. The minimum atomic E-state index is 0.364. The van der Waals surface area contributed by atoms with E-state index in [1.165, 1.54) is 0 Å². The first-order chi connectivity index (χ1) is 8.26. The molecular formula is C12H18ClN3O. The number of halogens is 1. The molecule has 1 saturated heterocycles. The van der Waals surface area contributed by atoms with Crippen LogP contribution in [-0.2, 0) is 11.3 Å². The van der Waals surface area contributed by atoms with E-state index in [1.54, 1.807) is 13.3 Å². The first-order valence-electron chi connectivity index (χ1n) is 5.87. The molecule has 0 radical (unpaired) electrons. The summed E-state index contributed by atoms with van der Waals surface area (Å²) in [5.74, 6) is 0.851. The Labute approximate surface area is 107 Å². The Morgan fingerprint density at radius 2 is 2.24 bits per heavy atom. The van der Waals surface area contributed by atoms with Gasteiger partial charge in [-0.05, 0) is 24.5 Å². The zero-order valence-corrected chi connectivity index (χ0v) is 10.8. The molecule has 1 aromatic rings. The number of hydrogen-bond acceptors (Lipinski definition) is 4.